The number of nitrogens with zero attached hydrogens (tertiary/aromatic N) is 2. The maximum Gasteiger partial charge on any atom is 0.256 e. The quantitative estimate of drug-likeness (QED) is 0.685. The fourth-order valence-electron chi connectivity index (χ4n) is 4.44. The minimum Gasteiger partial charge on any atom is -0.327 e. The molecule has 1 atom stereocenters. The Kier molecular flexibility index (Phi) is 5.19. The first-order valence-corrected chi connectivity index (χ1v) is 10.8. The number of hydrogen-bond donors (Lipinski definition) is 1. The molecule has 32 heavy (non-hydrogen) atoms. The second-order valence-corrected chi connectivity index (χ2v) is 8.12. The van der Waals surface area contributed by atoms with Crippen LogP contribution in [0.1, 0.15) is 39.1 Å². The van der Waals surface area contributed by atoms with Crippen LogP contribution in [0.4, 0.5) is 11.4 Å². The van der Waals surface area contributed by atoms with Crippen LogP contribution in [-0.4, -0.2) is 35.2 Å². The van der Waals surface area contributed by atoms with Crippen molar-refractivity contribution in [3.63, 3.8) is 0 Å². The number of benzene rings is 3. The third kappa shape index (κ3) is 3.64. The second-order valence-electron chi connectivity index (χ2n) is 8.12. The fraction of sp³-hybridized carbons (Fsp3) is 0.192. The van der Waals surface area contributed by atoms with E-state index in [-0.39, 0.29) is 17.7 Å². The van der Waals surface area contributed by atoms with Crippen LogP contribution in [0.15, 0.2) is 78.9 Å². The number of fused-ring (bicyclic) bond motifs is 2. The van der Waals surface area contributed by atoms with Crippen LogP contribution in [0.2, 0.25) is 0 Å². The van der Waals surface area contributed by atoms with Gasteiger partial charge in [0.2, 0.25) is 5.91 Å². The molecule has 2 aliphatic rings. The number of anilines is 2. The highest BCUT2D eigenvalue weighted by molar-refractivity contribution is 6.11. The van der Waals surface area contributed by atoms with Gasteiger partial charge < -0.3 is 15.1 Å². The van der Waals surface area contributed by atoms with Gasteiger partial charge in [-0.3, -0.25) is 14.4 Å². The summed E-state index contributed by atoms with van der Waals surface area (Å²) in [6.07, 6.45) is 1.52. The minimum absolute atomic E-state index is 0.0494. The summed E-state index contributed by atoms with van der Waals surface area (Å²) in [6.45, 7) is 0.955. The van der Waals surface area contributed by atoms with Crippen LogP contribution in [0, 0.1) is 0 Å². The molecule has 0 aromatic heterocycles. The van der Waals surface area contributed by atoms with Gasteiger partial charge in [-0.2, -0.15) is 0 Å². The predicted molar refractivity (Wildman–Crippen MR) is 123 cm³/mol. The van der Waals surface area contributed by atoms with Gasteiger partial charge >= 0.3 is 0 Å². The highest BCUT2D eigenvalue weighted by Crippen LogP contribution is 2.33. The molecule has 3 amide bonds. The van der Waals surface area contributed by atoms with E-state index in [1.165, 1.54) is 0 Å². The van der Waals surface area contributed by atoms with Crippen LogP contribution in [0.3, 0.4) is 0 Å². The Balaban J connectivity index is 1.39. The number of nitrogens with one attached hydrogen (secondary N) is 1. The van der Waals surface area contributed by atoms with E-state index in [0.717, 1.165) is 17.7 Å². The summed E-state index contributed by atoms with van der Waals surface area (Å²) < 4.78 is 0. The first kappa shape index (κ1) is 20.0. The molecule has 1 saturated heterocycles. The molecule has 0 spiro atoms. The molecule has 0 bridgehead atoms. The van der Waals surface area contributed by atoms with Crippen molar-refractivity contribution in [2.45, 2.75) is 25.4 Å². The average molecular weight is 425 g/mol. The van der Waals surface area contributed by atoms with Crippen LogP contribution in [0.5, 0.6) is 0 Å². The number of rotatable bonds is 4. The van der Waals surface area contributed by atoms with Gasteiger partial charge in [0, 0.05) is 17.8 Å². The molecule has 6 nitrogen and oxygen atoms in total. The summed E-state index contributed by atoms with van der Waals surface area (Å²) in [5.41, 5.74) is 3.37. The number of hydrogen-bond acceptors (Lipinski definition) is 3. The Labute approximate surface area is 186 Å². The average Bonchev–Trinajstić information content (AvgIpc) is 3.30. The topological polar surface area (TPSA) is 69.7 Å². The zero-order valence-electron chi connectivity index (χ0n) is 17.5. The smallest absolute Gasteiger partial charge is 0.256 e. The van der Waals surface area contributed by atoms with E-state index >= 15 is 0 Å². The highest BCUT2D eigenvalue weighted by Gasteiger charge is 2.41. The van der Waals surface area contributed by atoms with E-state index in [9.17, 15) is 14.4 Å². The third-order valence-electron chi connectivity index (χ3n) is 6.08. The van der Waals surface area contributed by atoms with Crippen LogP contribution in [0.25, 0.3) is 0 Å². The largest absolute Gasteiger partial charge is 0.327 e. The summed E-state index contributed by atoms with van der Waals surface area (Å²) in [4.78, 5) is 42.4. The van der Waals surface area contributed by atoms with Crippen LogP contribution in [-0.2, 0) is 11.3 Å². The molecule has 0 saturated carbocycles. The molecular weight excluding hydrogens is 402 g/mol. The molecule has 2 aliphatic heterocycles. The molecule has 0 radical (unpaired) electrons. The van der Waals surface area contributed by atoms with Gasteiger partial charge in [-0.05, 0) is 54.8 Å². The molecule has 0 aliphatic carbocycles. The van der Waals surface area contributed by atoms with Gasteiger partial charge in [0.05, 0.1) is 17.8 Å². The van der Waals surface area contributed by atoms with Crippen LogP contribution < -0.4 is 10.2 Å². The Morgan fingerprint density at radius 2 is 1.62 bits per heavy atom. The predicted octanol–water partition coefficient (Wildman–Crippen LogP) is 4.09. The van der Waals surface area contributed by atoms with Gasteiger partial charge in [0.15, 0.2) is 0 Å². The van der Waals surface area contributed by atoms with E-state index in [2.05, 4.69) is 5.32 Å². The lowest BCUT2D eigenvalue weighted by Crippen LogP contribution is -2.44. The lowest BCUT2D eigenvalue weighted by Gasteiger charge is -2.26. The van der Waals surface area contributed by atoms with Crippen molar-refractivity contribution in [3.8, 4) is 0 Å². The van der Waals surface area contributed by atoms with E-state index < -0.39 is 6.04 Å². The Bertz CT molecular complexity index is 1170. The van der Waals surface area contributed by atoms with E-state index in [4.69, 9.17) is 0 Å². The Morgan fingerprint density at radius 1 is 0.906 bits per heavy atom. The van der Waals surface area contributed by atoms with E-state index in [1.54, 1.807) is 28.0 Å². The zero-order valence-corrected chi connectivity index (χ0v) is 17.5. The van der Waals surface area contributed by atoms with Gasteiger partial charge in [-0.15, -0.1) is 0 Å². The summed E-state index contributed by atoms with van der Waals surface area (Å²) >= 11 is 0. The standard InChI is InChI=1S/C26H23N3O3/c30-24(27-20-7-2-1-3-8-20)19-14-12-18(13-15-19)17-29-22-10-5-4-9-21(22)25(31)28-16-6-11-23(28)26(29)32/h1-5,7-10,12-15,23H,6,11,16-17H2,(H,27,30)/t23-/m1/s1. The summed E-state index contributed by atoms with van der Waals surface area (Å²) in [5, 5.41) is 2.87. The molecule has 0 unspecified atom stereocenters. The molecule has 1 N–H and O–H groups in total. The van der Waals surface area contributed by atoms with Gasteiger partial charge in [0.25, 0.3) is 11.8 Å². The van der Waals surface area contributed by atoms with E-state index in [1.807, 2.05) is 60.7 Å². The summed E-state index contributed by atoms with van der Waals surface area (Å²) in [5.74, 6) is -0.315. The molecule has 6 heteroatoms. The van der Waals surface area contributed by atoms with Crippen molar-refractivity contribution < 1.29 is 14.4 Å². The molecule has 3 aromatic rings. The lowest BCUT2D eigenvalue weighted by molar-refractivity contribution is -0.122. The SMILES string of the molecule is O=C(Nc1ccccc1)c1ccc(CN2C(=O)[C@H]3CCCN3C(=O)c3ccccc32)cc1. The van der Waals surface area contributed by atoms with E-state index in [0.29, 0.717) is 36.3 Å². The molecule has 2 heterocycles. The monoisotopic (exact) mass is 425 g/mol. The van der Waals surface area contributed by atoms with Crippen molar-refractivity contribution in [2.24, 2.45) is 0 Å². The first-order chi connectivity index (χ1) is 15.6. The van der Waals surface area contributed by atoms with Gasteiger partial charge in [-0.25, -0.2) is 0 Å². The van der Waals surface area contributed by atoms with Crippen LogP contribution >= 0.6 is 0 Å². The minimum atomic E-state index is -0.411. The van der Waals surface area contributed by atoms with Crippen molar-refractivity contribution in [1.82, 2.24) is 4.90 Å². The molecular formula is C26H23N3O3. The molecule has 160 valence electrons. The number of para-hydroxylation sites is 2. The lowest BCUT2D eigenvalue weighted by atomic mass is 10.1. The molecule has 5 rings (SSSR count). The number of carbonyl (C=O) groups excluding carboxylic acids is 3. The Hall–Kier alpha value is -3.93. The normalized spacial score (nSPS) is 17.6. The van der Waals surface area contributed by atoms with Gasteiger partial charge in [0.1, 0.15) is 6.04 Å². The van der Waals surface area contributed by atoms with Crippen molar-refractivity contribution in [2.75, 3.05) is 16.8 Å². The summed E-state index contributed by atoms with van der Waals surface area (Å²) in [7, 11) is 0. The van der Waals surface area contributed by atoms with Gasteiger partial charge in [-0.1, -0.05) is 42.5 Å². The number of amides is 3. The highest BCUT2D eigenvalue weighted by atomic mass is 16.2. The summed E-state index contributed by atoms with van der Waals surface area (Å²) in [6, 6.07) is 23.4. The Morgan fingerprint density at radius 3 is 2.41 bits per heavy atom. The fourth-order valence-corrected chi connectivity index (χ4v) is 4.44. The first-order valence-electron chi connectivity index (χ1n) is 10.8. The third-order valence-corrected chi connectivity index (χ3v) is 6.08. The maximum absolute atomic E-state index is 13.4. The van der Waals surface area contributed by atoms with Crippen molar-refractivity contribution in [1.29, 1.82) is 0 Å². The number of carbonyl (C=O) groups is 3. The van der Waals surface area contributed by atoms with Crippen molar-refractivity contribution >= 4 is 29.1 Å². The van der Waals surface area contributed by atoms with Crippen molar-refractivity contribution in [3.05, 3.63) is 95.6 Å². The maximum atomic E-state index is 13.4. The molecule has 3 aromatic carbocycles. The molecule has 1 fully saturated rings. The second kappa shape index (κ2) is 8.30. The zero-order chi connectivity index (χ0) is 22.1.